The van der Waals surface area contributed by atoms with Crippen molar-refractivity contribution in [3.8, 4) is 0 Å². The van der Waals surface area contributed by atoms with Crippen LogP contribution >= 0.6 is 0 Å². The number of rotatable bonds is 6. The Hall–Kier alpha value is -1.95. The number of hydrogen-bond donors (Lipinski definition) is 2. The van der Waals surface area contributed by atoms with E-state index in [1.165, 1.54) is 0 Å². The molecule has 2 N–H and O–H groups in total. The van der Waals surface area contributed by atoms with E-state index in [9.17, 15) is 14.7 Å². The summed E-state index contributed by atoms with van der Waals surface area (Å²) >= 11 is 0. The van der Waals surface area contributed by atoms with Crippen molar-refractivity contribution in [2.24, 2.45) is 0 Å². The molecule has 0 aromatic carbocycles. The number of likely N-dealkylation sites (tertiary alicyclic amines) is 1. The monoisotopic (exact) mass is 319 g/mol. The summed E-state index contributed by atoms with van der Waals surface area (Å²) in [6.07, 6.45) is 8.47. The number of carbonyl (C=O) groups is 2. The molecule has 126 valence electrons. The van der Waals surface area contributed by atoms with Crippen LogP contribution < -0.4 is 5.32 Å². The number of pyridine rings is 1. The number of nitrogens with one attached hydrogen (secondary N) is 1. The van der Waals surface area contributed by atoms with E-state index in [1.807, 2.05) is 12.1 Å². The summed E-state index contributed by atoms with van der Waals surface area (Å²) in [7, 11) is 0. The van der Waals surface area contributed by atoms with Gasteiger partial charge in [-0.1, -0.05) is 12.8 Å². The average molecular weight is 319 g/mol. The lowest BCUT2D eigenvalue weighted by molar-refractivity contribution is -0.136. The highest BCUT2D eigenvalue weighted by Crippen LogP contribution is 2.11. The second-order valence-corrected chi connectivity index (χ2v) is 5.99. The molecule has 0 aliphatic carbocycles. The summed E-state index contributed by atoms with van der Waals surface area (Å²) in [5.41, 5.74) is 1.00. The number of aliphatic hydroxyl groups is 1. The van der Waals surface area contributed by atoms with E-state index in [1.54, 1.807) is 17.3 Å². The third-order valence-electron chi connectivity index (χ3n) is 4.07. The number of aromatic nitrogens is 1. The van der Waals surface area contributed by atoms with Gasteiger partial charge in [0.15, 0.2) is 0 Å². The van der Waals surface area contributed by atoms with Crippen LogP contribution in [-0.4, -0.2) is 52.5 Å². The molecule has 6 heteroatoms. The number of nitrogens with zero attached hydrogens (tertiary/aromatic N) is 2. The largest absolute Gasteiger partial charge is 0.394 e. The molecule has 0 radical (unpaired) electrons. The molecule has 6 nitrogen and oxygen atoms in total. The lowest BCUT2D eigenvalue weighted by Gasteiger charge is -2.25. The Morgan fingerprint density at radius 2 is 2.00 bits per heavy atom. The van der Waals surface area contributed by atoms with E-state index in [0.29, 0.717) is 19.4 Å². The van der Waals surface area contributed by atoms with Gasteiger partial charge in [0.2, 0.25) is 11.8 Å². The second kappa shape index (κ2) is 9.25. The fourth-order valence-electron chi connectivity index (χ4n) is 2.79. The fraction of sp³-hybridized carbons (Fsp3) is 0.588. The van der Waals surface area contributed by atoms with Gasteiger partial charge in [-0.2, -0.15) is 0 Å². The van der Waals surface area contributed by atoms with Gasteiger partial charge < -0.3 is 15.3 Å². The van der Waals surface area contributed by atoms with Crippen LogP contribution in [0.4, 0.5) is 0 Å². The standard InChI is InChI=1S/C17H25N3O3/c21-13-15(11-14-6-8-18-9-7-14)19-16(22)12-20-10-4-2-1-3-5-17(20)23/h6-9,15,21H,1-5,10-13H2,(H,19,22)/t15-/m0/s1. The molecule has 1 fully saturated rings. The minimum absolute atomic E-state index is 0.0505. The lowest BCUT2D eigenvalue weighted by Crippen LogP contribution is -2.46. The molecule has 0 spiro atoms. The second-order valence-electron chi connectivity index (χ2n) is 5.99. The molecule has 1 saturated heterocycles. The molecule has 2 amide bonds. The molecule has 0 bridgehead atoms. The van der Waals surface area contributed by atoms with E-state index in [2.05, 4.69) is 10.3 Å². The third kappa shape index (κ3) is 5.98. The van der Waals surface area contributed by atoms with Gasteiger partial charge in [-0.05, 0) is 37.0 Å². The SMILES string of the molecule is O=C(CN1CCCCCCC1=O)N[C@H](CO)Cc1ccncc1. The van der Waals surface area contributed by atoms with Crippen LogP contribution in [0.25, 0.3) is 0 Å². The number of amides is 2. The van der Waals surface area contributed by atoms with Crippen molar-refractivity contribution in [3.05, 3.63) is 30.1 Å². The maximum atomic E-state index is 12.2. The first-order chi connectivity index (χ1) is 11.2. The third-order valence-corrected chi connectivity index (χ3v) is 4.07. The quantitative estimate of drug-likeness (QED) is 0.816. The Morgan fingerprint density at radius 3 is 2.74 bits per heavy atom. The summed E-state index contributed by atoms with van der Waals surface area (Å²) in [5, 5.41) is 12.3. The van der Waals surface area contributed by atoms with E-state index in [-0.39, 0.29) is 31.0 Å². The van der Waals surface area contributed by atoms with Crippen molar-refractivity contribution in [1.82, 2.24) is 15.2 Å². The lowest BCUT2D eigenvalue weighted by atomic mass is 10.1. The van der Waals surface area contributed by atoms with Crippen LogP contribution in [0.1, 0.15) is 37.7 Å². The molecule has 1 aromatic heterocycles. The van der Waals surface area contributed by atoms with Gasteiger partial charge in [0.25, 0.3) is 0 Å². The Labute approximate surface area is 136 Å². The topological polar surface area (TPSA) is 82.5 Å². The summed E-state index contributed by atoms with van der Waals surface area (Å²) in [5.74, 6) is -0.165. The smallest absolute Gasteiger partial charge is 0.239 e. The normalized spacial score (nSPS) is 17.3. The fourth-order valence-corrected chi connectivity index (χ4v) is 2.79. The molecule has 1 aromatic rings. The van der Waals surface area contributed by atoms with Crippen molar-refractivity contribution >= 4 is 11.8 Å². The average Bonchev–Trinajstić information content (AvgIpc) is 2.55. The van der Waals surface area contributed by atoms with Gasteiger partial charge >= 0.3 is 0 Å². The first kappa shape index (κ1) is 17.4. The molecule has 1 aliphatic rings. The molecule has 2 rings (SSSR count). The van der Waals surface area contributed by atoms with Crippen molar-refractivity contribution in [2.75, 3.05) is 19.7 Å². The minimum atomic E-state index is -0.352. The van der Waals surface area contributed by atoms with Crippen LogP contribution in [0.2, 0.25) is 0 Å². The van der Waals surface area contributed by atoms with Gasteiger partial charge in [0.1, 0.15) is 0 Å². The van der Waals surface area contributed by atoms with Crippen molar-refractivity contribution in [1.29, 1.82) is 0 Å². The van der Waals surface area contributed by atoms with Crippen LogP contribution in [-0.2, 0) is 16.0 Å². The van der Waals surface area contributed by atoms with E-state index in [0.717, 1.165) is 31.2 Å². The molecule has 1 aliphatic heterocycles. The first-order valence-corrected chi connectivity index (χ1v) is 8.26. The van der Waals surface area contributed by atoms with E-state index >= 15 is 0 Å². The molecule has 0 unspecified atom stereocenters. The minimum Gasteiger partial charge on any atom is -0.394 e. The molecule has 1 atom stereocenters. The summed E-state index contributed by atoms with van der Waals surface area (Å²) in [6.45, 7) is 0.577. The maximum Gasteiger partial charge on any atom is 0.239 e. The Morgan fingerprint density at radius 1 is 1.26 bits per heavy atom. The zero-order valence-corrected chi connectivity index (χ0v) is 13.4. The zero-order chi connectivity index (χ0) is 16.5. The van der Waals surface area contributed by atoms with Gasteiger partial charge in [0.05, 0.1) is 19.2 Å². The maximum absolute atomic E-state index is 12.2. The highest BCUT2D eigenvalue weighted by atomic mass is 16.3. The van der Waals surface area contributed by atoms with Gasteiger partial charge in [0, 0.05) is 25.4 Å². The van der Waals surface area contributed by atoms with E-state index in [4.69, 9.17) is 0 Å². The van der Waals surface area contributed by atoms with Crippen molar-refractivity contribution in [3.63, 3.8) is 0 Å². The Bertz CT molecular complexity index is 507. The van der Waals surface area contributed by atoms with E-state index < -0.39 is 0 Å². The highest BCUT2D eigenvalue weighted by Gasteiger charge is 2.20. The van der Waals surface area contributed by atoms with Crippen LogP contribution in [0.15, 0.2) is 24.5 Å². The van der Waals surface area contributed by atoms with Gasteiger partial charge in [-0.15, -0.1) is 0 Å². The summed E-state index contributed by atoms with van der Waals surface area (Å²) in [6, 6.07) is 3.36. The van der Waals surface area contributed by atoms with Crippen LogP contribution in [0.3, 0.4) is 0 Å². The predicted octanol–water partition coefficient (Wildman–Crippen LogP) is 0.894. The number of carbonyl (C=O) groups excluding carboxylic acids is 2. The summed E-state index contributed by atoms with van der Waals surface area (Å²) < 4.78 is 0. The van der Waals surface area contributed by atoms with Crippen molar-refractivity contribution < 1.29 is 14.7 Å². The van der Waals surface area contributed by atoms with Crippen LogP contribution in [0, 0.1) is 0 Å². The molecular formula is C17H25N3O3. The Kier molecular flexibility index (Phi) is 7.00. The zero-order valence-electron chi connectivity index (χ0n) is 13.4. The Balaban J connectivity index is 1.85. The molecule has 23 heavy (non-hydrogen) atoms. The van der Waals surface area contributed by atoms with Crippen LogP contribution in [0.5, 0.6) is 0 Å². The molecule has 2 heterocycles. The first-order valence-electron chi connectivity index (χ1n) is 8.26. The predicted molar refractivity (Wildman–Crippen MR) is 86.6 cm³/mol. The number of hydrogen-bond acceptors (Lipinski definition) is 4. The van der Waals surface area contributed by atoms with Gasteiger partial charge in [-0.25, -0.2) is 0 Å². The molecular weight excluding hydrogens is 294 g/mol. The number of aliphatic hydroxyl groups excluding tert-OH is 1. The highest BCUT2D eigenvalue weighted by molar-refractivity contribution is 5.85. The molecule has 0 saturated carbocycles. The van der Waals surface area contributed by atoms with Crippen molar-refractivity contribution in [2.45, 2.75) is 44.6 Å². The van der Waals surface area contributed by atoms with Gasteiger partial charge in [-0.3, -0.25) is 14.6 Å². The summed E-state index contributed by atoms with van der Waals surface area (Å²) in [4.78, 5) is 29.8.